The Morgan fingerprint density at radius 3 is 1.60 bits per heavy atom. The summed E-state index contributed by atoms with van der Waals surface area (Å²) in [7, 11) is 0. The van der Waals surface area contributed by atoms with E-state index in [1.165, 1.54) is 0 Å². The molecule has 0 spiro atoms. The molecule has 0 aliphatic rings. The summed E-state index contributed by atoms with van der Waals surface area (Å²) >= 11 is 0. The van der Waals surface area contributed by atoms with Gasteiger partial charge in [-0.15, -0.1) is 0 Å². The molecular weight excluding hydrogens is 194 g/mol. The van der Waals surface area contributed by atoms with Crippen LogP contribution in [0.4, 0.5) is 8.78 Å². The Labute approximate surface area is 90.3 Å². The predicted octanol–water partition coefficient (Wildman–Crippen LogP) is 4.09. The molecule has 0 aliphatic carbocycles. The van der Waals surface area contributed by atoms with Gasteiger partial charge in [0.05, 0.1) is 0 Å². The third-order valence-electron chi connectivity index (χ3n) is 2.93. The summed E-state index contributed by atoms with van der Waals surface area (Å²) in [6.07, 6.45) is 0.458. The number of hydrogen-bond acceptors (Lipinski definition) is 0. The van der Waals surface area contributed by atoms with E-state index in [4.69, 9.17) is 0 Å². The van der Waals surface area contributed by atoms with Crippen molar-refractivity contribution in [2.24, 2.45) is 5.92 Å². The van der Waals surface area contributed by atoms with Gasteiger partial charge in [-0.2, -0.15) is 0 Å². The van der Waals surface area contributed by atoms with Gasteiger partial charge in [0.1, 0.15) is 11.6 Å². The lowest BCUT2D eigenvalue weighted by Crippen LogP contribution is -2.07. The molecular formula is C13H18F2. The molecule has 0 amide bonds. The first kappa shape index (κ1) is 12.2. The average Bonchev–Trinajstić information content (AvgIpc) is 2.18. The van der Waals surface area contributed by atoms with E-state index >= 15 is 0 Å². The van der Waals surface area contributed by atoms with Gasteiger partial charge in [-0.1, -0.05) is 13.8 Å². The Morgan fingerprint density at radius 2 is 1.27 bits per heavy atom. The van der Waals surface area contributed by atoms with E-state index in [0.29, 0.717) is 17.5 Å². The van der Waals surface area contributed by atoms with Crippen LogP contribution in [0.15, 0.2) is 0 Å². The fourth-order valence-electron chi connectivity index (χ4n) is 1.75. The summed E-state index contributed by atoms with van der Waals surface area (Å²) in [5.41, 5.74) is 2.11. The SMILES string of the molecule is Cc1c(C)c(F)c(CC(C)C)c(F)c1C. The molecule has 15 heavy (non-hydrogen) atoms. The van der Waals surface area contributed by atoms with Gasteiger partial charge in [0, 0.05) is 5.56 Å². The largest absolute Gasteiger partial charge is 0.206 e. The molecule has 0 fully saturated rings. The second-order valence-corrected chi connectivity index (χ2v) is 4.58. The standard InChI is InChI=1S/C13H18F2/c1-7(2)6-11-12(14)9(4)8(3)10(5)13(11)15/h7H,6H2,1-5H3. The van der Waals surface area contributed by atoms with Crippen molar-refractivity contribution >= 4 is 0 Å². The van der Waals surface area contributed by atoms with E-state index in [1.54, 1.807) is 20.8 Å². The van der Waals surface area contributed by atoms with Crippen LogP contribution in [0.5, 0.6) is 0 Å². The molecule has 0 nitrogen and oxygen atoms in total. The van der Waals surface area contributed by atoms with Gasteiger partial charge in [0.15, 0.2) is 0 Å². The summed E-state index contributed by atoms with van der Waals surface area (Å²) in [5.74, 6) is -0.482. The summed E-state index contributed by atoms with van der Waals surface area (Å²) in [6.45, 7) is 9.10. The first-order valence-electron chi connectivity index (χ1n) is 5.29. The molecule has 1 aromatic rings. The lowest BCUT2D eigenvalue weighted by Gasteiger charge is -2.14. The third-order valence-corrected chi connectivity index (χ3v) is 2.93. The Hall–Kier alpha value is -0.920. The molecule has 84 valence electrons. The first-order valence-corrected chi connectivity index (χ1v) is 5.29. The molecule has 2 heteroatoms. The van der Waals surface area contributed by atoms with Crippen LogP contribution in [0.3, 0.4) is 0 Å². The van der Waals surface area contributed by atoms with Gasteiger partial charge in [0.2, 0.25) is 0 Å². The molecule has 0 saturated carbocycles. The Kier molecular flexibility index (Phi) is 3.48. The van der Waals surface area contributed by atoms with Crippen LogP contribution < -0.4 is 0 Å². The molecule has 0 bridgehead atoms. The molecule has 0 atom stereocenters. The Morgan fingerprint density at radius 1 is 0.867 bits per heavy atom. The van der Waals surface area contributed by atoms with Gasteiger partial charge in [0.25, 0.3) is 0 Å². The van der Waals surface area contributed by atoms with Gasteiger partial charge >= 0.3 is 0 Å². The van der Waals surface area contributed by atoms with Crippen molar-refractivity contribution in [3.63, 3.8) is 0 Å². The number of benzene rings is 1. The molecule has 0 heterocycles. The van der Waals surface area contributed by atoms with E-state index in [2.05, 4.69) is 0 Å². The van der Waals surface area contributed by atoms with Crippen molar-refractivity contribution in [3.05, 3.63) is 33.9 Å². The van der Waals surface area contributed by atoms with Crippen molar-refractivity contribution in [2.45, 2.75) is 41.0 Å². The monoisotopic (exact) mass is 212 g/mol. The van der Waals surface area contributed by atoms with Crippen molar-refractivity contribution in [3.8, 4) is 0 Å². The smallest absolute Gasteiger partial charge is 0.132 e. The average molecular weight is 212 g/mol. The second kappa shape index (κ2) is 4.30. The van der Waals surface area contributed by atoms with Gasteiger partial charge in [-0.25, -0.2) is 8.78 Å². The number of halogens is 2. The van der Waals surface area contributed by atoms with Gasteiger partial charge < -0.3 is 0 Å². The number of hydrogen-bond donors (Lipinski definition) is 0. The topological polar surface area (TPSA) is 0 Å². The van der Waals surface area contributed by atoms with E-state index in [0.717, 1.165) is 5.56 Å². The minimum Gasteiger partial charge on any atom is -0.206 e. The molecule has 0 saturated heterocycles. The maximum Gasteiger partial charge on any atom is 0.132 e. The van der Waals surface area contributed by atoms with Crippen LogP contribution >= 0.6 is 0 Å². The van der Waals surface area contributed by atoms with Gasteiger partial charge in [-0.3, -0.25) is 0 Å². The van der Waals surface area contributed by atoms with Crippen LogP contribution in [0.2, 0.25) is 0 Å². The lowest BCUT2D eigenvalue weighted by atomic mass is 9.94. The summed E-state index contributed by atoms with van der Waals surface area (Å²) in [5, 5.41) is 0. The number of rotatable bonds is 2. The van der Waals surface area contributed by atoms with Crippen molar-refractivity contribution in [2.75, 3.05) is 0 Å². The molecule has 0 aliphatic heterocycles. The fraction of sp³-hybridized carbons (Fsp3) is 0.538. The highest BCUT2D eigenvalue weighted by Gasteiger charge is 2.18. The minimum atomic E-state index is -0.371. The molecule has 1 aromatic carbocycles. The second-order valence-electron chi connectivity index (χ2n) is 4.58. The van der Waals surface area contributed by atoms with Crippen LogP contribution in [0, 0.1) is 38.3 Å². The van der Waals surface area contributed by atoms with Crippen molar-refractivity contribution in [1.29, 1.82) is 0 Å². The molecule has 0 radical (unpaired) electrons. The van der Waals surface area contributed by atoms with E-state index in [1.807, 2.05) is 13.8 Å². The highest BCUT2D eigenvalue weighted by atomic mass is 19.1. The molecule has 1 rings (SSSR count). The van der Waals surface area contributed by atoms with Crippen LogP contribution in [-0.2, 0) is 6.42 Å². The minimum absolute atomic E-state index is 0.241. The molecule has 0 unspecified atom stereocenters. The highest BCUT2D eigenvalue weighted by molar-refractivity contribution is 5.40. The predicted molar refractivity (Wildman–Crippen MR) is 59.1 cm³/mol. The Balaban J connectivity index is 3.39. The van der Waals surface area contributed by atoms with Crippen molar-refractivity contribution in [1.82, 2.24) is 0 Å². The fourth-order valence-corrected chi connectivity index (χ4v) is 1.75. The zero-order chi connectivity index (χ0) is 11.7. The Bertz CT molecular complexity index is 350. The van der Waals surface area contributed by atoms with E-state index in [9.17, 15) is 8.78 Å². The normalized spacial score (nSPS) is 11.2. The summed E-state index contributed by atoms with van der Waals surface area (Å²) < 4.78 is 27.6. The van der Waals surface area contributed by atoms with E-state index in [-0.39, 0.29) is 23.1 Å². The molecule has 0 N–H and O–H groups in total. The molecule has 0 aromatic heterocycles. The maximum atomic E-state index is 13.8. The summed E-state index contributed by atoms with van der Waals surface area (Å²) in [6, 6.07) is 0. The first-order chi connectivity index (χ1) is 6.86. The zero-order valence-electron chi connectivity index (χ0n) is 10.0. The van der Waals surface area contributed by atoms with E-state index < -0.39 is 0 Å². The highest BCUT2D eigenvalue weighted by Crippen LogP contribution is 2.26. The van der Waals surface area contributed by atoms with Crippen molar-refractivity contribution < 1.29 is 8.78 Å². The van der Waals surface area contributed by atoms with Gasteiger partial charge in [-0.05, 0) is 49.8 Å². The van der Waals surface area contributed by atoms with Crippen LogP contribution in [0.1, 0.15) is 36.1 Å². The zero-order valence-corrected chi connectivity index (χ0v) is 10.0. The quantitative estimate of drug-likeness (QED) is 0.692. The maximum absolute atomic E-state index is 13.8. The van der Waals surface area contributed by atoms with Crippen LogP contribution in [0.25, 0.3) is 0 Å². The third kappa shape index (κ3) is 2.19. The lowest BCUT2D eigenvalue weighted by molar-refractivity contribution is 0.515. The summed E-state index contributed by atoms with van der Waals surface area (Å²) in [4.78, 5) is 0. The van der Waals surface area contributed by atoms with Crippen LogP contribution in [-0.4, -0.2) is 0 Å².